The van der Waals surface area contributed by atoms with Crippen LogP contribution in [0.25, 0.3) is 11.0 Å². The van der Waals surface area contributed by atoms with E-state index in [4.69, 9.17) is 4.42 Å². The van der Waals surface area contributed by atoms with Crippen LogP contribution in [0.4, 0.5) is 0 Å². The molecule has 2 heterocycles. The van der Waals surface area contributed by atoms with Crippen molar-refractivity contribution in [1.29, 1.82) is 0 Å². The monoisotopic (exact) mass is 301 g/mol. The van der Waals surface area contributed by atoms with Crippen molar-refractivity contribution in [2.75, 3.05) is 13.1 Å². The maximum Gasteiger partial charge on any atom is 0.308 e. The van der Waals surface area contributed by atoms with Crippen molar-refractivity contribution in [2.24, 2.45) is 5.92 Å². The number of hydrogen-bond donors (Lipinski definition) is 1. The lowest BCUT2D eigenvalue weighted by Crippen LogP contribution is -2.42. The molecule has 5 heteroatoms. The molecule has 1 aliphatic rings. The number of rotatable bonds is 3. The number of carbonyl (C=O) groups is 2. The summed E-state index contributed by atoms with van der Waals surface area (Å²) in [6.07, 6.45) is 1.98. The van der Waals surface area contributed by atoms with Crippen LogP contribution < -0.4 is 0 Å². The number of benzene rings is 1. The van der Waals surface area contributed by atoms with Crippen LogP contribution in [-0.4, -0.2) is 35.0 Å². The molecule has 0 spiro atoms. The van der Waals surface area contributed by atoms with Crippen molar-refractivity contribution in [3.8, 4) is 0 Å². The van der Waals surface area contributed by atoms with Gasteiger partial charge in [0.05, 0.1) is 11.5 Å². The summed E-state index contributed by atoms with van der Waals surface area (Å²) in [4.78, 5) is 25.7. The minimum Gasteiger partial charge on any atom is -0.481 e. The first-order valence-electron chi connectivity index (χ1n) is 7.64. The third-order valence-corrected chi connectivity index (χ3v) is 4.26. The van der Waals surface area contributed by atoms with Gasteiger partial charge in [-0.15, -0.1) is 0 Å². The third kappa shape index (κ3) is 2.47. The van der Waals surface area contributed by atoms with Gasteiger partial charge in [0.15, 0.2) is 0 Å². The molecule has 0 bridgehead atoms. The van der Waals surface area contributed by atoms with E-state index >= 15 is 0 Å². The number of carboxylic acids is 1. The normalized spacial score (nSPS) is 18.6. The zero-order valence-corrected chi connectivity index (χ0v) is 12.5. The molecule has 1 atom stereocenters. The molecule has 116 valence electrons. The van der Waals surface area contributed by atoms with Crippen molar-refractivity contribution < 1.29 is 19.1 Å². The van der Waals surface area contributed by atoms with Gasteiger partial charge < -0.3 is 14.4 Å². The summed E-state index contributed by atoms with van der Waals surface area (Å²) < 4.78 is 5.77. The van der Waals surface area contributed by atoms with Crippen LogP contribution in [-0.2, 0) is 11.2 Å². The SMILES string of the molecule is CCc1oc2ccccc2c1C(=O)N1CCC[C@H](C(=O)O)C1. The molecule has 3 rings (SSSR count). The fourth-order valence-electron chi connectivity index (χ4n) is 3.10. The molecule has 1 aromatic carbocycles. The summed E-state index contributed by atoms with van der Waals surface area (Å²) in [5.41, 5.74) is 1.29. The van der Waals surface area contributed by atoms with Gasteiger partial charge in [-0.3, -0.25) is 9.59 Å². The third-order valence-electron chi connectivity index (χ3n) is 4.26. The van der Waals surface area contributed by atoms with Crippen LogP contribution in [0.5, 0.6) is 0 Å². The van der Waals surface area contributed by atoms with Crippen molar-refractivity contribution in [3.05, 3.63) is 35.6 Å². The fourth-order valence-corrected chi connectivity index (χ4v) is 3.10. The van der Waals surface area contributed by atoms with Gasteiger partial charge in [0, 0.05) is 24.9 Å². The minimum absolute atomic E-state index is 0.118. The second-order valence-electron chi connectivity index (χ2n) is 5.68. The highest BCUT2D eigenvalue weighted by molar-refractivity contribution is 6.07. The molecule has 1 N–H and O–H groups in total. The molecule has 2 aromatic rings. The number of carboxylic acid groups (broad SMARTS) is 1. The number of likely N-dealkylation sites (tertiary alicyclic amines) is 1. The molecule has 1 aromatic heterocycles. The van der Waals surface area contributed by atoms with E-state index in [0.29, 0.717) is 36.3 Å². The molecule has 1 aliphatic heterocycles. The number of nitrogens with zero attached hydrogens (tertiary/aromatic N) is 1. The summed E-state index contributed by atoms with van der Waals surface area (Å²) in [6, 6.07) is 7.48. The summed E-state index contributed by atoms with van der Waals surface area (Å²) in [5, 5.41) is 9.99. The molecule has 0 radical (unpaired) electrons. The molecule has 0 unspecified atom stereocenters. The molecule has 1 saturated heterocycles. The maximum absolute atomic E-state index is 12.9. The molecule has 22 heavy (non-hydrogen) atoms. The van der Waals surface area contributed by atoms with E-state index in [9.17, 15) is 14.7 Å². The van der Waals surface area contributed by atoms with Crippen LogP contribution in [0.1, 0.15) is 35.9 Å². The average Bonchev–Trinajstić information content (AvgIpc) is 2.92. The fraction of sp³-hybridized carbons (Fsp3) is 0.412. The van der Waals surface area contributed by atoms with E-state index in [1.54, 1.807) is 4.90 Å². The Bertz CT molecular complexity index is 719. The molecule has 1 fully saturated rings. The molecular weight excluding hydrogens is 282 g/mol. The van der Waals surface area contributed by atoms with Gasteiger partial charge in [0.1, 0.15) is 11.3 Å². The van der Waals surface area contributed by atoms with E-state index in [2.05, 4.69) is 0 Å². The molecule has 1 amide bonds. The quantitative estimate of drug-likeness (QED) is 0.946. The van der Waals surface area contributed by atoms with Crippen molar-refractivity contribution in [3.63, 3.8) is 0 Å². The van der Waals surface area contributed by atoms with Gasteiger partial charge in [-0.2, -0.15) is 0 Å². The predicted molar refractivity (Wildman–Crippen MR) is 81.9 cm³/mol. The van der Waals surface area contributed by atoms with E-state index in [-0.39, 0.29) is 12.5 Å². The van der Waals surface area contributed by atoms with Crippen molar-refractivity contribution in [1.82, 2.24) is 4.90 Å². The van der Waals surface area contributed by atoms with Crippen LogP contribution in [0.15, 0.2) is 28.7 Å². The first-order valence-corrected chi connectivity index (χ1v) is 7.64. The van der Waals surface area contributed by atoms with Crippen molar-refractivity contribution in [2.45, 2.75) is 26.2 Å². The number of amides is 1. The highest BCUT2D eigenvalue weighted by Gasteiger charge is 2.31. The van der Waals surface area contributed by atoms with Crippen molar-refractivity contribution >= 4 is 22.8 Å². The first-order chi connectivity index (χ1) is 10.6. The lowest BCUT2D eigenvalue weighted by Gasteiger charge is -2.30. The number of para-hydroxylation sites is 1. The molecular formula is C17H19NO4. The van der Waals surface area contributed by atoms with Crippen LogP contribution in [0.3, 0.4) is 0 Å². The smallest absolute Gasteiger partial charge is 0.308 e. The molecule has 5 nitrogen and oxygen atoms in total. The van der Waals surface area contributed by atoms with E-state index in [1.807, 2.05) is 31.2 Å². The predicted octanol–water partition coefficient (Wildman–Crippen LogP) is 2.93. The minimum atomic E-state index is -0.828. The van der Waals surface area contributed by atoms with Gasteiger partial charge in [0.2, 0.25) is 0 Å². The summed E-state index contributed by atoms with van der Waals surface area (Å²) in [6.45, 7) is 2.83. The second kappa shape index (κ2) is 5.83. The highest BCUT2D eigenvalue weighted by Crippen LogP contribution is 2.29. The zero-order valence-electron chi connectivity index (χ0n) is 12.5. The Hall–Kier alpha value is -2.30. The Morgan fingerprint density at radius 1 is 1.36 bits per heavy atom. The maximum atomic E-state index is 12.9. The zero-order chi connectivity index (χ0) is 15.7. The Morgan fingerprint density at radius 2 is 2.14 bits per heavy atom. The lowest BCUT2D eigenvalue weighted by atomic mass is 9.97. The Morgan fingerprint density at radius 3 is 2.86 bits per heavy atom. The number of aryl methyl sites for hydroxylation is 1. The molecule has 0 saturated carbocycles. The number of furan rings is 1. The van der Waals surface area contributed by atoms with Crippen LogP contribution >= 0.6 is 0 Å². The van der Waals surface area contributed by atoms with E-state index in [1.165, 1.54) is 0 Å². The Labute approximate surface area is 128 Å². The van der Waals surface area contributed by atoms with Crippen LogP contribution in [0.2, 0.25) is 0 Å². The van der Waals surface area contributed by atoms with Gasteiger partial charge >= 0.3 is 5.97 Å². The Kier molecular flexibility index (Phi) is 3.88. The average molecular weight is 301 g/mol. The van der Waals surface area contributed by atoms with Gasteiger partial charge in [0.25, 0.3) is 5.91 Å². The van der Waals surface area contributed by atoms with E-state index < -0.39 is 11.9 Å². The van der Waals surface area contributed by atoms with Gasteiger partial charge in [-0.25, -0.2) is 0 Å². The van der Waals surface area contributed by atoms with Gasteiger partial charge in [-0.05, 0) is 18.9 Å². The number of aliphatic carboxylic acids is 1. The van der Waals surface area contributed by atoms with Gasteiger partial charge in [-0.1, -0.05) is 25.1 Å². The highest BCUT2D eigenvalue weighted by atomic mass is 16.4. The summed E-state index contributed by atoms with van der Waals surface area (Å²) >= 11 is 0. The standard InChI is InChI=1S/C17H19NO4/c1-2-13-15(12-7-3-4-8-14(12)22-13)16(19)18-9-5-6-11(10-18)17(20)21/h3-4,7-8,11H,2,5-6,9-10H2,1H3,(H,20,21)/t11-/m0/s1. The number of fused-ring (bicyclic) bond motifs is 1. The van der Waals surface area contributed by atoms with E-state index in [0.717, 1.165) is 11.8 Å². The first kappa shape index (κ1) is 14.6. The number of piperidine rings is 1. The summed E-state index contributed by atoms with van der Waals surface area (Å²) in [7, 11) is 0. The van der Waals surface area contributed by atoms with Crippen LogP contribution in [0, 0.1) is 5.92 Å². The largest absolute Gasteiger partial charge is 0.481 e. The Balaban J connectivity index is 1.96. The summed E-state index contributed by atoms with van der Waals surface area (Å²) in [5.74, 6) is -0.748. The molecule has 0 aliphatic carbocycles. The number of hydrogen-bond acceptors (Lipinski definition) is 3. The second-order valence-corrected chi connectivity index (χ2v) is 5.68. The topological polar surface area (TPSA) is 70.8 Å². The lowest BCUT2D eigenvalue weighted by molar-refractivity contribution is -0.143. The number of carbonyl (C=O) groups excluding carboxylic acids is 1.